The van der Waals surface area contributed by atoms with Crippen LogP contribution in [0.5, 0.6) is 0 Å². The third-order valence-electron chi connectivity index (χ3n) is 3.70. The Morgan fingerprint density at radius 2 is 1.81 bits per heavy atom. The van der Waals surface area contributed by atoms with Crippen molar-refractivity contribution in [1.82, 2.24) is 35.1 Å². The quantitative estimate of drug-likeness (QED) is 0.392. The molecule has 4 rings (SSSR count). The van der Waals surface area contributed by atoms with Crippen LogP contribution >= 0.6 is 35.0 Å². The van der Waals surface area contributed by atoms with Crippen LogP contribution in [-0.4, -0.2) is 35.1 Å². The standard InChI is InChI=1S/C16H12Cl2N8S/c17-10-6-7-13(18)12(8-10)15-21-22-16(25(15)19)27-9-14-20-23-24-26(14)11-4-2-1-3-5-11/h1-8H,9,19H2. The van der Waals surface area contributed by atoms with Crippen LogP contribution in [0.15, 0.2) is 53.7 Å². The van der Waals surface area contributed by atoms with Crippen molar-refractivity contribution in [2.45, 2.75) is 10.9 Å². The molecule has 27 heavy (non-hydrogen) atoms. The van der Waals surface area contributed by atoms with Crippen LogP contribution in [0.4, 0.5) is 0 Å². The second-order valence-corrected chi connectivity index (χ2v) is 7.22. The second-order valence-electron chi connectivity index (χ2n) is 5.43. The molecular formula is C16H12Cl2N8S. The zero-order valence-electron chi connectivity index (χ0n) is 13.7. The van der Waals surface area contributed by atoms with Gasteiger partial charge in [-0.25, -0.2) is 4.68 Å². The monoisotopic (exact) mass is 418 g/mol. The number of hydrogen-bond acceptors (Lipinski definition) is 7. The van der Waals surface area contributed by atoms with Gasteiger partial charge in [0.15, 0.2) is 11.6 Å². The number of thioether (sulfide) groups is 1. The van der Waals surface area contributed by atoms with Gasteiger partial charge in [-0.05, 0) is 40.8 Å². The number of nitrogen functional groups attached to an aromatic ring is 1. The molecule has 0 fully saturated rings. The number of hydrogen-bond donors (Lipinski definition) is 1. The summed E-state index contributed by atoms with van der Waals surface area (Å²) in [5.74, 6) is 7.70. The van der Waals surface area contributed by atoms with Crippen molar-refractivity contribution in [3.8, 4) is 17.1 Å². The van der Waals surface area contributed by atoms with Crippen molar-refractivity contribution in [1.29, 1.82) is 0 Å². The summed E-state index contributed by atoms with van der Waals surface area (Å²) in [6.45, 7) is 0. The summed E-state index contributed by atoms with van der Waals surface area (Å²) in [7, 11) is 0. The van der Waals surface area contributed by atoms with E-state index in [2.05, 4.69) is 25.7 Å². The van der Waals surface area contributed by atoms with Gasteiger partial charge in [0.05, 0.1) is 16.5 Å². The molecule has 0 aliphatic rings. The van der Waals surface area contributed by atoms with Crippen molar-refractivity contribution in [2.24, 2.45) is 0 Å². The Balaban J connectivity index is 1.57. The van der Waals surface area contributed by atoms with Crippen LogP contribution in [-0.2, 0) is 5.75 Å². The molecule has 0 saturated heterocycles. The fraction of sp³-hybridized carbons (Fsp3) is 0.0625. The fourth-order valence-corrected chi connectivity index (χ4v) is 3.56. The highest BCUT2D eigenvalue weighted by atomic mass is 35.5. The average molecular weight is 419 g/mol. The second kappa shape index (κ2) is 7.55. The highest BCUT2D eigenvalue weighted by Gasteiger charge is 2.17. The molecular weight excluding hydrogens is 407 g/mol. The first-order chi connectivity index (χ1) is 13.1. The fourth-order valence-electron chi connectivity index (χ4n) is 2.42. The maximum absolute atomic E-state index is 6.23. The molecule has 0 unspecified atom stereocenters. The largest absolute Gasteiger partial charge is 0.335 e. The molecule has 0 aliphatic carbocycles. The summed E-state index contributed by atoms with van der Waals surface area (Å²) < 4.78 is 3.04. The first-order valence-electron chi connectivity index (χ1n) is 7.75. The number of tetrazole rings is 1. The first kappa shape index (κ1) is 17.8. The Bertz CT molecular complexity index is 1080. The van der Waals surface area contributed by atoms with E-state index in [0.717, 1.165) is 5.69 Å². The topological polar surface area (TPSA) is 100 Å². The van der Waals surface area contributed by atoms with Gasteiger partial charge in [-0.1, -0.05) is 53.2 Å². The molecule has 2 heterocycles. The highest BCUT2D eigenvalue weighted by molar-refractivity contribution is 7.98. The average Bonchev–Trinajstić information content (AvgIpc) is 3.29. The molecule has 8 nitrogen and oxygen atoms in total. The Morgan fingerprint density at radius 1 is 1.00 bits per heavy atom. The first-order valence-corrected chi connectivity index (χ1v) is 9.49. The molecule has 0 amide bonds. The number of nitrogens with zero attached hydrogens (tertiary/aromatic N) is 7. The van der Waals surface area contributed by atoms with E-state index >= 15 is 0 Å². The lowest BCUT2D eigenvalue weighted by atomic mass is 10.2. The van der Waals surface area contributed by atoms with Crippen molar-refractivity contribution in [2.75, 3.05) is 5.84 Å². The summed E-state index contributed by atoms with van der Waals surface area (Å²) in [5, 5.41) is 21.7. The molecule has 0 bridgehead atoms. The molecule has 4 aromatic rings. The van der Waals surface area contributed by atoms with E-state index in [9.17, 15) is 0 Å². The van der Waals surface area contributed by atoms with Gasteiger partial charge in [0, 0.05) is 10.6 Å². The highest BCUT2D eigenvalue weighted by Crippen LogP contribution is 2.31. The predicted octanol–water partition coefficient (Wildman–Crippen LogP) is 3.23. The number of benzene rings is 2. The molecule has 2 N–H and O–H groups in total. The summed E-state index contributed by atoms with van der Waals surface area (Å²) >= 11 is 13.6. The van der Waals surface area contributed by atoms with Crippen LogP contribution in [0.25, 0.3) is 17.1 Å². The summed E-state index contributed by atoms with van der Waals surface area (Å²) in [6.07, 6.45) is 0. The maximum Gasteiger partial charge on any atom is 0.210 e. The van der Waals surface area contributed by atoms with E-state index in [1.165, 1.54) is 16.4 Å². The van der Waals surface area contributed by atoms with E-state index in [1.807, 2.05) is 30.3 Å². The third-order valence-corrected chi connectivity index (χ3v) is 5.20. The number of aromatic nitrogens is 7. The minimum Gasteiger partial charge on any atom is -0.335 e. The summed E-state index contributed by atoms with van der Waals surface area (Å²) in [6, 6.07) is 14.7. The summed E-state index contributed by atoms with van der Waals surface area (Å²) in [5.41, 5.74) is 1.49. The predicted molar refractivity (Wildman–Crippen MR) is 104 cm³/mol. The van der Waals surface area contributed by atoms with Crippen molar-refractivity contribution in [3.05, 3.63) is 64.4 Å². The molecule has 136 valence electrons. The molecule has 0 atom stereocenters. The number of rotatable bonds is 5. The number of para-hydroxylation sites is 1. The van der Waals surface area contributed by atoms with Crippen molar-refractivity contribution >= 4 is 35.0 Å². The van der Waals surface area contributed by atoms with E-state index in [0.29, 0.717) is 38.2 Å². The van der Waals surface area contributed by atoms with Gasteiger partial charge in [0.2, 0.25) is 5.16 Å². The van der Waals surface area contributed by atoms with Crippen LogP contribution in [0.2, 0.25) is 10.0 Å². The molecule has 11 heteroatoms. The van der Waals surface area contributed by atoms with Gasteiger partial charge < -0.3 is 5.84 Å². The zero-order chi connectivity index (χ0) is 18.8. The lowest BCUT2D eigenvalue weighted by Crippen LogP contribution is -2.12. The van der Waals surface area contributed by atoms with Gasteiger partial charge >= 0.3 is 0 Å². The lowest BCUT2D eigenvalue weighted by Gasteiger charge is -2.06. The Kier molecular flexibility index (Phi) is 4.97. The molecule has 0 radical (unpaired) electrons. The van der Waals surface area contributed by atoms with Crippen molar-refractivity contribution < 1.29 is 0 Å². The van der Waals surface area contributed by atoms with Crippen LogP contribution in [0, 0.1) is 0 Å². The normalized spacial score (nSPS) is 11.0. The Hall–Kier alpha value is -2.62. The van der Waals surface area contributed by atoms with E-state index in [1.54, 1.807) is 22.9 Å². The van der Waals surface area contributed by atoms with Gasteiger partial charge in [-0.2, -0.15) is 4.68 Å². The third kappa shape index (κ3) is 3.61. The molecule has 2 aromatic carbocycles. The van der Waals surface area contributed by atoms with Gasteiger partial charge in [-0.3, -0.25) is 0 Å². The number of nitrogens with two attached hydrogens (primary N) is 1. The Labute approximate surface area is 168 Å². The van der Waals surface area contributed by atoms with Crippen LogP contribution in [0.3, 0.4) is 0 Å². The SMILES string of the molecule is Nn1c(SCc2nnnn2-c2ccccc2)nnc1-c1cc(Cl)ccc1Cl. The van der Waals surface area contributed by atoms with Crippen LogP contribution < -0.4 is 5.84 Å². The van der Waals surface area contributed by atoms with Crippen LogP contribution in [0.1, 0.15) is 5.82 Å². The van der Waals surface area contributed by atoms with E-state index in [4.69, 9.17) is 29.0 Å². The molecule has 0 spiro atoms. The smallest absolute Gasteiger partial charge is 0.210 e. The zero-order valence-corrected chi connectivity index (χ0v) is 16.0. The van der Waals surface area contributed by atoms with Gasteiger partial charge in [-0.15, -0.1) is 15.3 Å². The molecule has 2 aromatic heterocycles. The van der Waals surface area contributed by atoms with E-state index in [-0.39, 0.29) is 0 Å². The minimum absolute atomic E-state index is 0.424. The number of halogens is 2. The van der Waals surface area contributed by atoms with Crippen molar-refractivity contribution in [3.63, 3.8) is 0 Å². The molecule has 0 saturated carbocycles. The lowest BCUT2D eigenvalue weighted by molar-refractivity contribution is 0.776. The maximum atomic E-state index is 6.23. The summed E-state index contributed by atoms with van der Waals surface area (Å²) in [4.78, 5) is 0. The van der Waals surface area contributed by atoms with Gasteiger partial charge in [0.1, 0.15) is 0 Å². The minimum atomic E-state index is 0.424. The van der Waals surface area contributed by atoms with E-state index < -0.39 is 0 Å². The Morgan fingerprint density at radius 3 is 2.63 bits per heavy atom. The van der Waals surface area contributed by atoms with Gasteiger partial charge in [0.25, 0.3) is 0 Å². The molecule has 0 aliphatic heterocycles.